The summed E-state index contributed by atoms with van der Waals surface area (Å²) in [5.74, 6) is 0. The van der Waals surface area contributed by atoms with E-state index in [1.54, 1.807) is 12.1 Å². The van der Waals surface area contributed by atoms with E-state index in [0.29, 0.717) is 5.56 Å². The molecule has 0 fully saturated rings. The highest BCUT2D eigenvalue weighted by Crippen LogP contribution is 2.32. The van der Waals surface area contributed by atoms with Crippen LogP contribution < -0.4 is 15.8 Å². The lowest BCUT2D eigenvalue weighted by molar-refractivity contribution is -0.384. The van der Waals surface area contributed by atoms with Crippen LogP contribution in [0.1, 0.15) is 6.42 Å². The number of benzene rings is 3. The monoisotopic (exact) mass is 376 g/mol. The zero-order valence-electron chi connectivity index (χ0n) is 15.8. The second kappa shape index (κ2) is 9.64. The number of hydrogen-bond donors (Lipinski definition) is 2. The summed E-state index contributed by atoms with van der Waals surface area (Å²) in [5, 5.41) is 11.3. The number of nitrogens with one attached hydrogen (secondary N) is 2. The van der Waals surface area contributed by atoms with E-state index in [9.17, 15) is 10.1 Å². The van der Waals surface area contributed by atoms with Gasteiger partial charge in [-0.3, -0.25) is 21.0 Å². The maximum Gasteiger partial charge on any atom is 0.277 e. The zero-order valence-corrected chi connectivity index (χ0v) is 15.8. The molecular formula is C22H24N4O2. The molecule has 0 aliphatic rings. The molecule has 0 unspecified atom stereocenters. The standard InChI is InChI=1S/C22H24N4O2/c1-23-24-16-7-17-25(19-8-3-2-4-9-19)20-14-12-18(13-15-20)21-10-5-6-11-22(21)26(27)28/h2-6,8-15,23-24H,7,16-17H2,1H3. The third-order valence-corrected chi connectivity index (χ3v) is 4.52. The third-order valence-electron chi connectivity index (χ3n) is 4.52. The van der Waals surface area contributed by atoms with Crippen molar-refractivity contribution in [1.82, 2.24) is 10.9 Å². The van der Waals surface area contributed by atoms with Crippen LogP contribution >= 0.6 is 0 Å². The summed E-state index contributed by atoms with van der Waals surface area (Å²) in [5.41, 5.74) is 9.80. The first kappa shape index (κ1) is 19.5. The molecule has 0 bridgehead atoms. The second-order valence-electron chi connectivity index (χ2n) is 6.34. The lowest BCUT2D eigenvalue weighted by Crippen LogP contribution is -2.30. The van der Waals surface area contributed by atoms with Gasteiger partial charge in [0.2, 0.25) is 0 Å². The highest BCUT2D eigenvalue weighted by molar-refractivity contribution is 5.75. The van der Waals surface area contributed by atoms with Gasteiger partial charge in [0.1, 0.15) is 0 Å². The number of anilines is 2. The Kier molecular flexibility index (Phi) is 6.73. The van der Waals surface area contributed by atoms with E-state index >= 15 is 0 Å². The molecule has 0 amide bonds. The average molecular weight is 376 g/mol. The molecule has 2 N–H and O–H groups in total. The minimum atomic E-state index is -0.339. The molecule has 0 heterocycles. The zero-order chi connectivity index (χ0) is 19.8. The van der Waals surface area contributed by atoms with Crippen molar-refractivity contribution in [3.05, 3.63) is 89.0 Å². The van der Waals surface area contributed by atoms with Crippen molar-refractivity contribution in [2.45, 2.75) is 6.42 Å². The van der Waals surface area contributed by atoms with Crippen molar-refractivity contribution < 1.29 is 4.92 Å². The number of nitrogens with zero attached hydrogens (tertiary/aromatic N) is 2. The number of rotatable bonds is 9. The van der Waals surface area contributed by atoms with Crippen LogP contribution in [0.3, 0.4) is 0 Å². The minimum absolute atomic E-state index is 0.119. The topological polar surface area (TPSA) is 70.4 Å². The van der Waals surface area contributed by atoms with Crippen LogP contribution in [0, 0.1) is 10.1 Å². The molecule has 3 aromatic rings. The summed E-state index contributed by atoms with van der Waals surface area (Å²) in [6.07, 6.45) is 0.960. The summed E-state index contributed by atoms with van der Waals surface area (Å²) in [6.45, 7) is 1.71. The van der Waals surface area contributed by atoms with E-state index in [4.69, 9.17) is 0 Å². The fourth-order valence-electron chi connectivity index (χ4n) is 3.16. The molecule has 28 heavy (non-hydrogen) atoms. The molecule has 0 atom stereocenters. The first-order chi connectivity index (χ1) is 13.7. The van der Waals surface area contributed by atoms with Gasteiger partial charge < -0.3 is 4.90 Å². The molecule has 6 nitrogen and oxygen atoms in total. The molecule has 3 aromatic carbocycles. The summed E-state index contributed by atoms with van der Waals surface area (Å²) < 4.78 is 0. The first-order valence-electron chi connectivity index (χ1n) is 9.27. The van der Waals surface area contributed by atoms with Gasteiger partial charge in [-0.25, -0.2) is 0 Å². The van der Waals surface area contributed by atoms with Crippen LogP contribution in [0.5, 0.6) is 0 Å². The van der Waals surface area contributed by atoms with Gasteiger partial charge in [-0.15, -0.1) is 0 Å². The number of nitro benzene ring substituents is 1. The average Bonchev–Trinajstić information content (AvgIpc) is 2.75. The molecule has 6 heteroatoms. The van der Waals surface area contributed by atoms with Gasteiger partial charge in [0.25, 0.3) is 5.69 Å². The molecule has 0 radical (unpaired) electrons. The summed E-state index contributed by atoms with van der Waals surface area (Å²) in [4.78, 5) is 13.2. The lowest BCUT2D eigenvalue weighted by Gasteiger charge is -2.25. The Bertz CT molecular complexity index is 898. The smallest absolute Gasteiger partial charge is 0.277 e. The molecule has 0 aromatic heterocycles. The Balaban J connectivity index is 1.87. The molecule has 0 aliphatic heterocycles. The predicted molar refractivity (Wildman–Crippen MR) is 114 cm³/mol. The third kappa shape index (κ3) is 4.73. The Hall–Kier alpha value is -3.22. The van der Waals surface area contributed by atoms with E-state index < -0.39 is 0 Å². The quantitative estimate of drug-likeness (QED) is 0.327. The number of nitro groups is 1. The van der Waals surface area contributed by atoms with Crippen molar-refractivity contribution in [1.29, 1.82) is 0 Å². The van der Waals surface area contributed by atoms with Crippen molar-refractivity contribution >= 4 is 17.1 Å². The minimum Gasteiger partial charge on any atom is -0.341 e. The van der Waals surface area contributed by atoms with Crippen molar-refractivity contribution in [3.63, 3.8) is 0 Å². The van der Waals surface area contributed by atoms with Crippen LogP contribution in [-0.2, 0) is 0 Å². The SMILES string of the molecule is CNNCCCN(c1ccccc1)c1ccc(-c2ccccc2[N+](=O)[O-])cc1. The van der Waals surface area contributed by atoms with E-state index in [1.807, 2.05) is 55.6 Å². The largest absolute Gasteiger partial charge is 0.341 e. The normalized spacial score (nSPS) is 10.6. The van der Waals surface area contributed by atoms with Crippen LogP contribution in [0.15, 0.2) is 78.9 Å². The van der Waals surface area contributed by atoms with Crippen LogP contribution in [0.2, 0.25) is 0 Å². The Labute approximate surface area is 164 Å². The molecule has 0 spiro atoms. The van der Waals surface area contributed by atoms with Crippen LogP contribution in [-0.4, -0.2) is 25.1 Å². The van der Waals surface area contributed by atoms with Crippen LogP contribution in [0.4, 0.5) is 17.1 Å². The first-order valence-corrected chi connectivity index (χ1v) is 9.27. The van der Waals surface area contributed by atoms with Gasteiger partial charge in [-0.05, 0) is 49.4 Å². The van der Waals surface area contributed by atoms with Gasteiger partial charge in [0, 0.05) is 30.5 Å². The number of hydrogen-bond acceptors (Lipinski definition) is 5. The van der Waals surface area contributed by atoms with E-state index in [0.717, 1.165) is 36.4 Å². The molecule has 3 rings (SSSR count). The van der Waals surface area contributed by atoms with Gasteiger partial charge in [0.15, 0.2) is 0 Å². The van der Waals surface area contributed by atoms with E-state index in [1.165, 1.54) is 6.07 Å². The summed E-state index contributed by atoms with van der Waals surface area (Å²) in [7, 11) is 1.86. The Morgan fingerprint density at radius 2 is 1.54 bits per heavy atom. The van der Waals surface area contributed by atoms with Crippen LogP contribution in [0.25, 0.3) is 11.1 Å². The fraction of sp³-hybridized carbons (Fsp3) is 0.182. The van der Waals surface area contributed by atoms with Crippen molar-refractivity contribution in [2.75, 3.05) is 25.0 Å². The Morgan fingerprint density at radius 1 is 0.893 bits per heavy atom. The van der Waals surface area contributed by atoms with Crippen molar-refractivity contribution in [3.8, 4) is 11.1 Å². The number of para-hydroxylation sites is 2. The highest BCUT2D eigenvalue weighted by Gasteiger charge is 2.15. The maximum absolute atomic E-state index is 11.3. The van der Waals surface area contributed by atoms with Gasteiger partial charge in [-0.2, -0.15) is 0 Å². The lowest BCUT2D eigenvalue weighted by atomic mass is 10.0. The van der Waals surface area contributed by atoms with Gasteiger partial charge in [-0.1, -0.05) is 42.5 Å². The molecular weight excluding hydrogens is 352 g/mol. The maximum atomic E-state index is 11.3. The number of hydrazine groups is 1. The van der Waals surface area contributed by atoms with E-state index in [2.05, 4.69) is 27.9 Å². The molecule has 144 valence electrons. The highest BCUT2D eigenvalue weighted by atomic mass is 16.6. The van der Waals surface area contributed by atoms with Crippen molar-refractivity contribution in [2.24, 2.45) is 0 Å². The van der Waals surface area contributed by atoms with E-state index in [-0.39, 0.29) is 10.6 Å². The fourth-order valence-corrected chi connectivity index (χ4v) is 3.16. The molecule has 0 saturated heterocycles. The summed E-state index contributed by atoms with van der Waals surface area (Å²) >= 11 is 0. The Morgan fingerprint density at radius 3 is 2.21 bits per heavy atom. The molecule has 0 saturated carbocycles. The summed E-state index contributed by atoms with van der Waals surface area (Å²) in [6, 6.07) is 25.0. The predicted octanol–water partition coefficient (Wildman–Crippen LogP) is 4.51. The van der Waals surface area contributed by atoms with Gasteiger partial charge >= 0.3 is 0 Å². The molecule has 0 aliphatic carbocycles. The second-order valence-corrected chi connectivity index (χ2v) is 6.34. The van der Waals surface area contributed by atoms with Gasteiger partial charge in [0.05, 0.1) is 10.5 Å².